The molecule has 0 saturated heterocycles. The summed E-state index contributed by atoms with van der Waals surface area (Å²) >= 11 is 0. The number of alkyl halides is 3. The summed E-state index contributed by atoms with van der Waals surface area (Å²) in [4.78, 5) is 1.58. The second-order valence-electron chi connectivity index (χ2n) is 5.58. The summed E-state index contributed by atoms with van der Waals surface area (Å²) in [5.74, 6) is 0.227. The lowest BCUT2D eigenvalue weighted by Crippen LogP contribution is -2.49. The number of hydrogen-bond donors (Lipinski definition) is 1. The molecule has 0 aromatic carbocycles. The average molecular weight is 266 g/mol. The van der Waals surface area contributed by atoms with Crippen molar-refractivity contribution in [3.05, 3.63) is 0 Å². The van der Waals surface area contributed by atoms with Crippen LogP contribution in [0.2, 0.25) is 0 Å². The molecule has 18 heavy (non-hydrogen) atoms. The maximum absolute atomic E-state index is 12.6. The van der Waals surface area contributed by atoms with E-state index in [1.54, 1.807) is 4.90 Å². The molecule has 0 heterocycles. The summed E-state index contributed by atoms with van der Waals surface area (Å²) in [5, 5.41) is 3.35. The predicted molar refractivity (Wildman–Crippen MR) is 67.6 cm³/mol. The minimum Gasteiger partial charge on any atom is -0.312 e. The van der Waals surface area contributed by atoms with Crippen molar-refractivity contribution in [2.75, 3.05) is 19.6 Å². The highest BCUT2D eigenvalue weighted by Crippen LogP contribution is 2.23. The molecule has 1 unspecified atom stereocenters. The number of nitrogens with one attached hydrogen (secondary N) is 1. The first kappa shape index (κ1) is 15.8. The molecule has 0 spiro atoms. The van der Waals surface area contributed by atoms with Crippen molar-refractivity contribution in [3.8, 4) is 0 Å². The summed E-state index contributed by atoms with van der Waals surface area (Å²) in [5.41, 5.74) is 0. The number of nitrogens with zero attached hydrogens (tertiary/aromatic N) is 1. The molecule has 108 valence electrons. The summed E-state index contributed by atoms with van der Waals surface area (Å²) in [6.45, 7) is 6.30. The smallest absolute Gasteiger partial charge is 0.312 e. The largest absolute Gasteiger partial charge is 0.401 e. The third kappa shape index (κ3) is 6.05. The van der Waals surface area contributed by atoms with E-state index in [0.29, 0.717) is 19.1 Å². The van der Waals surface area contributed by atoms with E-state index in [-0.39, 0.29) is 12.0 Å². The van der Waals surface area contributed by atoms with Crippen LogP contribution in [0, 0.1) is 5.92 Å². The Hall–Kier alpha value is -0.290. The molecule has 1 rings (SSSR count). The van der Waals surface area contributed by atoms with Crippen molar-refractivity contribution >= 4 is 0 Å². The van der Waals surface area contributed by atoms with Crippen LogP contribution in [-0.2, 0) is 0 Å². The minimum atomic E-state index is -4.11. The molecular formula is C13H25F3N2. The molecule has 1 atom stereocenters. The molecule has 1 N–H and O–H groups in total. The number of halogens is 3. The Morgan fingerprint density at radius 2 is 1.89 bits per heavy atom. The topological polar surface area (TPSA) is 15.3 Å². The summed E-state index contributed by atoms with van der Waals surface area (Å²) in [7, 11) is 0. The first-order valence-corrected chi connectivity index (χ1v) is 6.87. The second-order valence-corrected chi connectivity index (χ2v) is 5.58. The van der Waals surface area contributed by atoms with E-state index in [2.05, 4.69) is 5.32 Å². The van der Waals surface area contributed by atoms with E-state index in [0.717, 1.165) is 19.3 Å². The summed E-state index contributed by atoms with van der Waals surface area (Å²) in [6, 6.07) is 0.507. The lowest BCUT2D eigenvalue weighted by molar-refractivity contribution is -0.152. The van der Waals surface area contributed by atoms with Gasteiger partial charge in [-0.25, -0.2) is 0 Å². The van der Waals surface area contributed by atoms with Crippen molar-refractivity contribution in [1.82, 2.24) is 10.2 Å². The van der Waals surface area contributed by atoms with Crippen LogP contribution in [0.5, 0.6) is 0 Å². The van der Waals surface area contributed by atoms with Gasteiger partial charge in [0.05, 0.1) is 6.54 Å². The molecule has 0 bridgehead atoms. The van der Waals surface area contributed by atoms with E-state index in [1.165, 1.54) is 0 Å². The molecule has 0 radical (unpaired) electrons. The van der Waals surface area contributed by atoms with Crippen molar-refractivity contribution in [3.63, 3.8) is 0 Å². The monoisotopic (exact) mass is 266 g/mol. The number of rotatable bonds is 8. The van der Waals surface area contributed by atoms with Gasteiger partial charge in [0, 0.05) is 18.6 Å². The standard InChI is InChI=1S/C13H25F3N2/c1-4-7-18(9-13(14,15)16)12(10(2)3)8-17-11-5-6-11/h10-12,17H,4-9H2,1-3H3. The highest BCUT2D eigenvalue weighted by molar-refractivity contribution is 4.86. The molecule has 1 saturated carbocycles. The van der Waals surface area contributed by atoms with Crippen molar-refractivity contribution in [2.45, 2.75) is 58.3 Å². The maximum Gasteiger partial charge on any atom is 0.401 e. The highest BCUT2D eigenvalue weighted by Gasteiger charge is 2.35. The van der Waals surface area contributed by atoms with Crippen LogP contribution in [0.3, 0.4) is 0 Å². The molecule has 1 aliphatic rings. The summed E-state index contributed by atoms with van der Waals surface area (Å²) in [6.07, 6.45) is -1.03. The van der Waals surface area contributed by atoms with Crippen LogP contribution >= 0.6 is 0 Å². The Morgan fingerprint density at radius 3 is 2.28 bits per heavy atom. The van der Waals surface area contributed by atoms with Crippen LogP contribution < -0.4 is 5.32 Å². The van der Waals surface area contributed by atoms with Crippen LogP contribution in [0.25, 0.3) is 0 Å². The summed E-state index contributed by atoms with van der Waals surface area (Å²) < 4.78 is 37.8. The van der Waals surface area contributed by atoms with Gasteiger partial charge < -0.3 is 5.32 Å². The van der Waals surface area contributed by atoms with Gasteiger partial charge in [-0.1, -0.05) is 20.8 Å². The zero-order valence-corrected chi connectivity index (χ0v) is 11.6. The normalized spacial score (nSPS) is 18.7. The lowest BCUT2D eigenvalue weighted by Gasteiger charge is -2.35. The van der Waals surface area contributed by atoms with Gasteiger partial charge >= 0.3 is 6.18 Å². The Kier molecular flexibility index (Phi) is 5.92. The fourth-order valence-corrected chi connectivity index (χ4v) is 2.24. The maximum atomic E-state index is 12.6. The second kappa shape index (κ2) is 6.75. The third-order valence-corrected chi connectivity index (χ3v) is 3.32. The van der Waals surface area contributed by atoms with Gasteiger partial charge in [-0.2, -0.15) is 13.2 Å². The molecular weight excluding hydrogens is 241 g/mol. The highest BCUT2D eigenvalue weighted by atomic mass is 19.4. The molecule has 0 aliphatic heterocycles. The van der Waals surface area contributed by atoms with Crippen molar-refractivity contribution < 1.29 is 13.2 Å². The molecule has 5 heteroatoms. The average Bonchev–Trinajstić information content (AvgIpc) is 2.99. The predicted octanol–water partition coefficient (Wildman–Crippen LogP) is 3.04. The van der Waals surface area contributed by atoms with E-state index < -0.39 is 12.7 Å². The zero-order chi connectivity index (χ0) is 13.8. The first-order chi connectivity index (χ1) is 8.33. The van der Waals surface area contributed by atoms with Gasteiger partial charge in [0.15, 0.2) is 0 Å². The van der Waals surface area contributed by atoms with Crippen LogP contribution in [0.1, 0.15) is 40.0 Å². The van der Waals surface area contributed by atoms with E-state index >= 15 is 0 Å². The van der Waals surface area contributed by atoms with Gasteiger partial charge in [-0.05, 0) is 31.7 Å². The Morgan fingerprint density at radius 1 is 1.28 bits per heavy atom. The fourth-order valence-electron chi connectivity index (χ4n) is 2.24. The van der Waals surface area contributed by atoms with Gasteiger partial charge in [0.1, 0.15) is 0 Å². The van der Waals surface area contributed by atoms with Gasteiger partial charge in [-0.3, -0.25) is 4.90 Å². The van der Waals surface area contributed by atoms with Gasteiger partial charge in [-0.15, -0.1) is 0 Å². The molecule has 0 amide bonds. The fraction of sp³-hybridized carbons (Fsp3) is 1.00. The SMILES string of the molecule is CCCN(CC(F)(F)F)C(CNC1CC1)C(C)C. The van der Waals surface area contributed by atoms with Gasteiger partial charge in [0.25, 0.3) is 0 Å². The Labute approximate surface area is 108 Å². The molecule has 1 aliphatic carbocycles. The van der Waals surface area contributed by atoms with Crippen LogP contribution in [0.15, 0.2) is 0 Å². The third-order valence-electron chi connectivity index (χ3n) is 3.32. The Bertz CT molecular complexity index is 237. The molecule has 0 aromatic heterocycles. The van der Waals surface area contributed by atoms with Crippen LogP contribution in [0.4, 0.5) is 13.2 Å². The van der Waals surface area contributed by atoms with E-state index in [9.17, 15) is 13.2 Å². The zero-order valence-electron chi connectivity index (χ0n) is 11.6. The van der Waals surface area contributed by atoms with E-state index in [1.807, 2.05) is 20.8 Å². The number of hydrogen-bond acceptors (Lipinski definition) is 2. The van der Waals surface area contributed by atoms with Gasteiger partial charge in [0.2, 0.25) is 0 Å². The van der Waals surface area contributed by atoms with E-state index in [4.69, 9.17) is 0 Å². The van der Waals surface area contributed by atoms with Crippen molar-refractivity contribution in [2.24, 2.45) is 5.92 Å². The quantitative estimate of drug-likeness (QED) is 0.726. The molecule has 1 fully saturated rings. The molecule has 2 nitrogen and oxygen atoms in total. The molecule has 0 aromatic rings. The van der Waals surface area contributed by atoms with Crippen LogP contribution in [-0.4, -0.2) is 42.8 Å². The first-order valence-electron chi connectivity index (χ1n) is 6.87. The minimum absolute atomic E-state index is 0.0350. The van der Waals surface area contributed by atoms with Crippen molar-refractivity contribution in [1.29, 1.82) is 0 Å². The lowest BCUT2D eigenvalue weighted by atomic mass is 10.0. The Balaban J connectivity index is 2.56.